The third kappa shape index (κ3) is 4.44. The number of rotatable bonds is 3. The molecule has 0 spiro atoms. The van der Waals surface area contributed by atoms with E-state index in [1.807, 2.05) is 23.2 Å². The molecule has 7 nitrogen and oxygen atoms in total. The smallest absolute Gasteiger partial charge is 0.265 e. The molecule has 8 heteroatoms. The van der Waals surface area contributed by atoms with E-state index >= 15 is 0 Å². The molecule has 0 bridgehead atoms. The highest BCUT2D eigenvalue weighted by molar-refractivity contribution is 8.03. The minimum absolute atomic E-state index is 0.129. The van der Waals surface area contributed by atoms with Crippen LogP contribution in [0.1, 0.15) is 41.6 Å². The van der Waals surface area contributed by atoms with E-state index < -0.39 is 0 Å². The summed E-state index contributed by atoms with van der Waals surface area (Å²) in [6.45, 7) is 1.76. The predicted octanol–water partition coefficient (Wildman–Crippen LogP) is 2.92. The maximum atomic E-state index is 12.8. The lowest BCUT2D eigenvalue weighted by Crippen LogP contribution is -2.42. The molecule has 1 saturated heterocycles. The molecule has 3 heterocycles. The van der Waals surface area contributed by atoms with Crippen LogP contribution in [-0.2, 0) is 0 Å². The largest absolute Gasteiger partial charge is 0.395 e. The molecule has 1 fully saturated rings. The van der Waals surface area contributed by atoms with Crippen molar-refractivity contribution in [3.05, 3.63) is 64.6 Å². The van der Waals surface area contributed by atoms with Crippen molar-refractivity contribution in [2.45, 2.75) is 30.6 Å². The third-order valence-corrected chi connectivity index (χ3v) is 6.00. The molecule has 2 aliphatic rings. The van der Waals surface area contributed by atoms with E-state index in [-0.39, 0.29) is 5.91 Å². The third-order valence-electron chi connectivity index (χ3n) is 4.99. The van der Waals surface area contributed by atoms with Gasteiger partial charge >= 0.3 is 0 Å². The number of amides is 1. The fourth-order valence-corrected chi connectivity index (χ4v) is 4.21. The normalized spacial score (nSPS) is 17.7. The van der Waals surface area contributed by atoms with Gasteiger partial charge in [0, 0.05) is 41.5 Å². The Bertz CT molecular complexity index is 964. The van der Waals surface area contributed by atoms with Crippen LogP contribution in [0.15, 0.2) is 63.3 Å². The highest BCUT2D eigenvalue weighted by Crippen LogP contribution is 2.37. The van der Waals surface area contributed by atoms with Crippen LogP contribution in [0.5, 0.6) is 0 Å². The number of carbonyl (C=O) groups is 1. The second kappa shape index (κ2) is 8.67. The lowest BCUT2D eigenvalue weighted by molar-refractivity contribution is 0.0794. The van der Waals surface area contributed by atoms with E-state index in [1.165, 1.54) is 24.6 Å². The van der Waals surface area contributed by atoms with Gasteiger partial charge in [-0.05, 0) is 43.2 Å². The number of nitrogens with zero attached hydrogens (tertiary/aromatic N) is 3. The topological polar surface area (TPSA) is 110 Å². The van der Waals surface area contributed by atoms with Crippen LogP contribution in [-0.4, -0.2) is 34.7 Å². The van der Waals surface area contributed by atoms with Crippen molar-refractivity contribution >= 4 is 29.1 Å². The van der Waals surface area contributed by atoms with Crippen molar-refractivity contribution in [3.8, 4) is 0 Å². The maximum absolute atomic E-state index is 12.8. The molecule has 0 saturated carbocycles. The summed E-state index contributed by atoms with van der Waals surface area (Å²) in [6, 6.07) is 9.17. The van der Waals surface area contributed by atoms with Crippen LogP contribution in [0.25, 0.3) is 0 Å². The number of pyridine rings is 1. The Morgan fingerprint density at radius 2 is 1.90 bits per heavy atom. The van der Waals surface area contributed by atoms with Crippen LogP contribution in [0.3, 0.4) is 0 Å². The number of allylic oxidation sites excluding steroid dienone is 1. The van der Waals surface area contributed by atoms with Crippen molar-refractivity contribution in [1.29, 1.82) is 0 Å². The lowest BCUT2D eigenvalue weighted by atomic mass is 10.1. The molecular weight excluding hydrogens is 384 g/mol. The number of hydrogen-bond acceptors (Lipinski definition) is 7. The number of benzene rings is 1. The summed E-state index contributed by atoms with van der Waals surface area (Å²) in [5, 5.41) is 2.49. The van der Waals surface area contributed by atoms with Gasteiger partial charge in [0.2, 0.25) is 0 Å². The summed E-state index contributed by atoms with van der Waals surface area (Å²) in [5.41, 5.74) is 18.5. The van der Waals surface area contributed by atoms with E-state index in [0.717, 1.165) is 36.4 Å². The average Bonchev–Trinajstić information content (AvgIpc) is 3.07. The first-order valence-corrected chi connectivity index (χ1v) is 10.6. The molecule has 4 rings (SSSR count). The summed E-state index contributed by atoms with van der Waals surface area (Å²) in [4.78, 5) is 22.5. The first-order valence-electron chi connectivity index (χ1n) is 9.74. The fraction of sp³-hybridized carbons (Fsp3) is 0.286. The molecule has 2 aliphatic heterocycles. The van der Waals surface area contributed by atoms with Crippen LogP contribution in [0, 0.1) is 0 Å². The van der Waals surface area contributed by atoms with Gasteiger partial charge in [-0.25, -0.2) is 10.0 Å². The molecule has 150 valence electrons. The predicted molar refractivity (Wildman–Crippen MR) is 116 cm³/mol. The summed E-state index contributed by atoms with van der Waals surface area (Å²) < 4.78 is 0. The molecule has 0 unspecified atom stereocenters. The van der Waals surface area contributed by atoms with Gasteiger partial charge < -0.3 is 11.5 Å². The van der Waals surface area contributed by atoms with Crippen molar-refractivity contribution in [2.24, 2.45) is 16.5 Å². The standard InChI is InChI=1S/C21H24N6OS/c22-18-19(15-6-5-9-24-13-15)25-16-12-14(7-8-17(16)29-20(18)23)21(28)26-27-10-3-1-2-4-11-27/h5-9,12-13H,1-4,10-11,22-23H2,(H,26,28). The summed E-state index contributed by atoms with van der Waals surface area (Å²) in [7, 11) is 0. The summed E-state index contributed by atoms with van der Waals surface area (Å²) in [6.07, 6.45) is 8.02. The Morgan fingerprint density at radius 1 is 1.10 bits per heavy atom. The Hall–Kier alpha value is -2.84. The van der Waals surface area contributed by atoms with Crippen molar-refractivity contribution in [1.82, 2.24) is 15.4 Å². The Labute approximate surface area is 174 Å². The zero-order chi connectivity index (χ0) is 20.2. The maximum Gasteiger partial charge on any atom is 0.265 e. The van der Waals surface area contributed by atoms with Crippen LogP contribution < -0.4 is 16.9 Å². The van der Waals surface area contributed by atoms with Gasteiger partial charge in [0.05, 0.1) is 22.1 Å². The zero-order valence-electron chi connectivity index (χ0n) is 16.1. The van der Waals surface area contributed by atoms with Gasteiger partial charge in [-0.1, -0.05) is 24.6 Å². The quantitative estimate of drug-likeness (QED) is 0.720. The number of carbonyl (C=O) groups excluding carboxylic acids is 1. The van der Waals surface area contributed by atoms with Gasteiger partial charge in [-0.2, -0.15) is 0 Å². The van der Waals surface area contributed by atoms with Crippen molar-refractivity contribution in [3.63, 3.8) is 0 Å². The van der Waals surface area contributed by atoms with Gasteiger partial charge in [-0.15, -0.1) is 0 Å². The highest BCUT2D eigenvalue weighted by Gasteiger charge is 2.20. The molecule has 0 atom stereocenters. The highest BCUT2D eigenvalue weighted by atomic mass is 32.2. The van der Waals surface area contributed by atoms with Crippen LogP contribution >= 0.6 is 11.8 Å². The van der Waals surface area contributed by atoms with E-state index in [4.69, 9.17) is 16.5 Å². The van der Waals surface area contributed by atoms with Gasteiger partial charge in [-0.3, -0.25) is 15.2 Å². The number of nitrogens with two attached hydrogens (primary N) is 2. The number of fused-ring (bicyclic) bond motifs is 1. The molecule has 2 aromatic rings. The minimum Gasteiger partial charge on any atom is -0.395 e. The molecule has 1 aromatic heterocycles. The van der Waals surface area contributed by atoms with Crippen LogP contribution in [0.2, 0.25) is 0 Å². The summed E-state index contributed by atoms with van der Waals surface area (Å²) >= 11 is 1.35. The minimum atomic E-state index is -0.129. The SMILES string of the molecule is NC1=C(N)C(c2cccnc2)=Nc2cc(C(=O)NN3CCCCCC3)ccc2S1. The first kappa shape index (κ1) is 19.5. The van der Waals surface area contributed by atoms with Gasteiger partial charge in [0.25, 0.3) is 5.91 Å². The number of aromatic nitrogens is 1. The molecule has 1 amide bonds. The molecule has 29 heavy (non-hydrogen) atoms. The van der Waals surface area contributed by atoms with Gasteiger partial charge in [0.15, 0.2) is 0 Å². The van der Waals surface area contributed by atoms with Crippen molar-refractivity contribution in [2.75, 3.05) is 13.1 Å². The Balaban J connectivity index is 1.64. The number of nitrogens with one attached hydrogen (secondary N) is 1. The van der Waals surface area contributed by atoms with E-state index in [0.29, 0.717) is 27.7 Å². The molecular formula is C21H24N6OS. The molecule has 0 radical (unpaired) electrons. The number of thioether (sulfide) groups is 1. The molecule has 1 aromatic carbocycles. The Morgan fingerprint density at radius 3 is 2.62 bits per heavy atom. The summed E-state index contributed by atoms with van der Waals surface area (Å²) in [5.74, 6) is -0.129. The van der Waals surface area contributed by atoms with E-state index in [9.17, 15) is 4.79 Å². The number of hydrogen-bond donors (Lipinski definition) is 3. The van der Waals surface area contributed by atoms with E-state index in [2.05, 4.69) is 10.4 Å². The van der Waals surface area contributed by atoms with Gasteiger partial charge in [0.1, 0.15) is 0 Å². The van der Waals surface area contributed by atoms with Crippen molar-refractivity contribution < 1.29 is 4.79 Å². The monoisotopic (exact) mass is 408 g/mol. The second-order valence-corrected chi connectivity index (χ2v) is 8.19. The number of aliphatic imine (C=N–C) groups is 1. The average molecular weight is 409 g/mol. The second-order valence-electron chi connectivity index (χ2n) is 7.11. The number of hydrazine groups is 1. The zero-order valence-corrected chi connectivity index (χ0v) is 16.9. The lowest BCUT2D eigenvalue weighted by Gasteiger charge is -2.21. The van der Waals surface area contributed by atoms with Crippen LogP contribution in [0.4, 0.5) is 5.69 Å². The molecule has 0 aliphatic carbocycles. The Kier molecular flexibility index (Phi) is 5.82. The molecule has 5 N–H and O–H groups in total. The fourth-order valence-electron chi connectivity index (χ4n) is 3.42. The van der Waals surface area contributed by atoms with E-state index in [1.54, 1.807) is 24.5 Å². The first-order chi connectivity index (χ1) is 14.1.